The van der Waals surface area contributed by atoms with Crippen LogP contribution in [0.5, 0.6) is 0 Å². The quantitative estimate of drug-likeness (QED) is 0.446. The van der Waals surface area contributed by atoms with Crippen molar-refractivity contribution in [2.75, 3.05) is 13.2 Å². The van der Waals surface area contributed by atoms with Crippen LogP contribution in [0.15, 0.2) is 0 Å². The van der Waals surface area contributed by atoms with Crippen LogP contribution in [0, 0.1) is 6.92 Å². The van der Waals surface area contributed by atoms with Crippen molar-refractivity contribution in [2.45, 2.75) is 6.92 Å². The van der Waals surface area contributed by atoms with E-state index in [4.69, 9.17) is 10.2 Å². The van der Waals surface area contributed by atoms with Gasteiger partial charge in [-0.25, -0.2) is 0 Å². The van der Waals surface area contributed by atoms with Crippen LogP contribution in [-0.4, -0.2) is 23.4 Å². The molecule has 0 bridgehead atoms. The van der Waals surface area contributed by atoms with Gasteiger partial charge in [0.2, 0.25) is 0 Å². The molecule has 7 heavy (non-hydrogen) atoms. The summed E-state index contributed by atoms with van der Waals surface area (Å²) in [4.78, 5) is 0. The maximum atomic E-state index is 7.62. The number of rotatable bonds is 1. The minimum atomic E-state index is -0.125. The molecule has 0 unspecified atom stereocenters. The maximum Gasteiger partial charge on any atom is 1.00 e. The van der Waals surface area contributed by atoms with Crippen molar-refractivity contribution in [2.24, 2.45) is 0 Å². The molecule has 0 saturated carbocycles. The SMILES string of the molecule is OCCO.[CH2-]C.[Ru+]. The summed E-state index contributed by atoms with van der Waals surface area (Å²) in [5.74, 6) is 0. The van der Waals surface area contributed by atoms with Crippen LogP contribution in [0.4, 0.5) is 0 Å². The average Bonchev–Trinajstić information content (AvgIpc) is 1.72. The van der Waals surface area contributed by atoms with Gasteiger partial charge in [0, 0.05) is 0 Å². The first-order valence-corrected chi connectivity index (χ1v) is 1.84. The fourth-order valence-corrected chi connectivity index (χ4v) is 0. The Hall–Kier alpha value is 0.543. The van der Waals surface area contributed by atoms with E-state index in [0.29, 0.717) is 0 Å². The Bertz CT molecular complexity index is 11.7. The smallest absolute Gasteiger partial charge is 0.394 e. The van der Waals surface area contributed by atoms with Gasteiger partial charge in [-0.05, 0) is 0 Å². The maximum absolute atomic E-state index is 7.62. The van der Waals surface area contributed by atoms with E-state index in [1.165, 1.54) is 0 Å². The fraction of sp³-hybridized carbons (Fsp3) is 0.750. The predicted octanol–water partition coefficient (Wildman–Crippen LogP) is -0.191. The normalized spacial score (nSPS) is 5.14. The van der Waals surface area contributed by atoms with Gasteiger partial charge in [0.15, 0.2) is 0 Å². The molecule has 0 atom stereocenters. The van der Waals surface area contributed by atoms with Crippen molar-refractivity contribution < 1.29 is 29.7 Å². The first-order chi connectivity index (χ1) is 2.91. The summed E-state index contributed by atoms with van der Waals surface area (Å²) in [6, 6.07) is 0. The molecule has 0 aromatic carbocycles. The minimum Gasteiger partial charge on any atom is -0.394 e. The van der Waals surface area contributed by atoms with Crippen LogP contribution >= 0.6 is 0 Å². The van der Waals surface area contributed by atoms with Gasteiger partial charge >= 0.3 is 19.5 Å². The van der Waals surface area contributed by atoms with Crippen LogP contribution < -0.4 is 0 Å². The molecule has 2 nitrogen and oxygen atoms in total. The van der Waals surface area contributed by atoms with E-state index in [2.05, 4.69) is 6.92 Å². The molecule has 3 heteroatoms. The van der Waals surface area contributed by atoms with Crippen LogP contribution in [-0.2, 0) is 19.5 Å². The zero-order valence-corrected chi connectivity index (χ0v) is 6.11. The molecular weight excluding hydrogens is 181 g/mol. The van der Waals surface area contributed by atoms with E-state index in [-0.39, 0.29) is 32.7 Å². The second-order valence-electron chi connectivity index (χ2n) is 0.447. The van der Waals surface area contributed by atoms with Crippen molar-refractivity contribution >= 4 is 0 Å². The Labute approximate surface area is 57.3 Å². The van der Waals surface area contributed by atoms with Gasteiger partial charge in [-0.2, -0.15) is 6.92 Å². The third-order valence-electron chi connectivity index (χ3n) is 0.1000. The van der Waals surface area contributed by atoms with E-state index < -0.39 is 0 Å². The number of hydrogen-bond donors (Lipinski definition) is 2. The van der Waals surface area contributed by atoms with E-state index in [9.17, 15) is 0 Å². The standard InChI is InChI=1S/C2H6O2.C2H5.Ru/c3-1-2-4;1-2;/h3-4H,1-2H2;1H2,2H3;/q;-1;+1. The van der Waals surface area contributed by atoms with Crippen molar-refractivity contribution in [3.63, 3.8) is 0 Å². The molecule has 0 saturated heterocycles. The minimum absolute atomic E-state index is 0. The summed E-state index contributed by atoms with van der Waals surface area (Å²) in [5.41, 5.74) is 0. The summed E-state index contributed by atoms with van der Waals surface area (Å²) in [5, 5.41) is 15.2. The Balaban J connectivity index is -0.0000000480. The zero-order chi connectivity index (χ0) is 5.41. The summed E-state index contributed by atoms with van der Waals surface area (Å²) in [6.45, 7) is 4.75. The third-order valence-corrected chi connectivity index (χ3v) is 0.1000. The molecule has 0 spiro atoms. The average molecular weight is 192 g/mol. The molecule has 0 heterocycles. The molecule has 0 aromatic heterocycles. The van der Waals surface area contributed by atoms with Crippen molar-refractivity contribution in [1.29, 1.82) is 0 Å². The van der Waals surface area contributed by atoms with Gasteiger partial charge in [-0.1, -0.05) is 0 Å². The van der Waals surface area contributed by atoms with Crippen LogP contribution in [0.2, 0.25) is 0 Å². The molecule has 0 aliphatic rings. The zero-order valence-electron chi connectivity index (χ0n) is 4.37. The van der Waals surface area contributed by atoms with Crippen LogP contribution in [0.1, 0.15) is 6.92 Å². The Morgan fingerprint density at radius 3 is 1.29 bits per heavy atom. The number of hydrogen-bond acceptors (Lipinski definition) is 2. The molecule has 0 fully saturated rings. The molecule has 0 aliphatic heterocycles. The van der Waals surface area contributed by atoms with Crippen LogP contribution in [0.25, 0.3) is 0 Å². The first-order valence-electron chi connectivity index (χ1n) is 1.84. The molecule has 0 aromatic rings. The van der Waals surface area contributed by atoms with E-state index in [1.54, 1.807) is 6.92 Å². The molecule has 1 radical (unpaired) electrons. The third kappa shape index (κ3) is 56.7. The Morgan fingerprint density at radius 1 is 1.14 bits per heavy atom. The van der Waals surface area contributed by atoms with Gasteiger partial charge in [-0.15, -0.1) is 0 Å². The van der Waals surface area contributed by atoms with Gasteiger partial charge in [0.05, 0.1) is 13.2 Å². The molecule has 47 valence electrons. The molecule has 0 rings (SSSR count). The van der Waals surface area contributed by atoms with Gasteiger partial charge in [0.25, 0.3) is 0 Å². The van der Waals surface area contributed by atoms with E-state index in [1.807, 2.05) is 0 Å². The van der Waals surface area contributed by atoms with E-state index in [0.717, 1.165) is 0 Å². The summed E-state index contributed by atoms with van der Waals surface area (Å²) >= 11 is 0. The van der Waals surface area contributed by atoms with Crippen molar-refractivity contribution in [3.05, 3.63) is 6.92 Å². The second-order valence-corrected chi connectivity index (χ2v) is 0.447. The van der Waals surface area contributed by atoms with Crippen LogP contribution in [0.3, 0.4) is 0 Å². The summed E-state index contributed by atoms with van der Waals surface area (Å²) in [7, 11) is 0. The van der Waals surface area contributed by atoms with Crippen molar-refractivity contribution in [3.8, 4) is 0 Å². The summed E-state index contributed by atoms with van der Waals surface area (Å²) in [6.07, 6.45) is 0. The molecule has 2 N–H and O–H groups in total. The topological polar surface area (TPSA) is 40.5 Å². The van der Waals surface area contributed by atoms with Gasteiger partial charge in [0.1, 0.15) is 0 Å². The van der Waals surface area contributed by atoms with Gasteiger partial charge in [-0.3, -0.25) is 0 Å². The Kier molecular flexibility index (Phi) is 69.5. The molecule has 0 aliphatic carbocycles. The predicted molar refractivity (Wildman–Crippen MR) is 25.2 cm³/mol. The largest absolute Gasteiger partial charge is 1.00 e. The number of aliphatic hydroxyl groups excluding tert-OH is 2. The Morgan fingerprint density at radius 2 is 1.29 bits per heavy atom. The monoisotopic (exact) mass is 193 g/mol. The number of aliphatic hydroxyl groups is 2. The van der Waals surface area contributed by atoms with E-state index >= 15 is 0 Å². The molecule has 0 amide bonds. The van der Waals surface area contributed by atoms with Crippen molar-refractivity contribution in [1.82, 2.24) is 0 Å². The second kappa shape index (κ2) is 31.1. The fourth-order valence-electron chi connectivity index (χ4n) is 0. The van der Waals surface area contributed by atoms with Gasteiger partial charge < -0.3 is 17.1 Å². The summed E-state index contributed by atoms with van der Waals surface area (Å²) < 4.78 is 0. The molecular formula is C4H11O2Ru. The first kappa shape index (κ1) is 15.6.